The predicted octanol–water partition coefficient (Wildman–Crippen LogP) is 3.12. The van der Waals surface area contributed by atoms with Gasteiger partial charge in [-0.25, -0.2) is 9.18 Å². The van der Waals surface area contributed by atoms with E-state index in [9.17, 15) is 14.0 Å². The molecule has 27 heavy (non-hydrogen) atoms. The summed E-state index contributed by atoms with van der Waals surface area (Å²) in [5, 5.41) is 6.00. The number of amides is 3. The number of halogens is 3. The summed E-state index contributed by atoms with van der Waals surface area (Å²) in [4.78, 5) is 25.4. The molecule has 3 amide bonds. The first-order valence-corrected chi connectivity index (χ1v) is 9.32. The highest BCUT2D eigenvalue weighted by Gasteiger charge is 2.40. The first-order chi connectivity index (χ1) is 12.9. The third kappa shape index (κ3) is 5.23. The Kier molecular flexibility index (Phi) is 6.05. The summed E-state index contributed by atoms with van der Waals surface area (Å²) in [5.74, 6) is 3.88. The smallest absolute Gasteiger partial charge is 0.322 e. The van der Waals surface area contributed by atoms with Crippen molar-refractivity contribution in [1.82, 2.24) is 15.5 Å². The molecule has 1 saturated carbocycles. The normalized spacial score (nSPS) is 18.3. The molecule has 2 N–H and O–H groups in total. The number of hydrogen-bond acceptors (Lipinski definition) is 3. The largest absolute Gasteiger partial charge is 0.324 e. The van der Waals surface area contributed by atoms with Crippen molar-refractivity contribution in [2.45, 2.75) is 12.8 Å². The van der Waals surface area contributed by atoms with Crippen LogP contribution in [0, 0.1) is 17.3 Å². The number of hydrogen-bond donors (Lipinski definition) is 2. The van der Waals surface area contributed by atoms with E-state index in [4.69, 9.17) is 23.2 Å². The van der Waals surface area contributed by atoms with Crippen molar-refractivity contribution in [3.8, 4) is 11.8 Å². The Hall–Kier alpha value is -2.07. The molecule has 2 aliphatic rings. The standard InChI is InChI=1S/C19H18Cl2FN3O2/c20-14-2-1-13(11-15(14)21)3-4-19(5-6-19)12-16(22)17(26)24-18(27)25-9-7-23-8-10-25/h1-2,11-12,23H,5-10H2,(H,24,26,27)/b16-12-. The highest BCUT2D eigenvalue weighted by Crippen LogP contribution is 2.47. The molecule has 0 radical (unpaired) electrons. The summed E-state index contributed by atoms with van der Waals surface area (Å²) < 4.78 is 14.3. The van der Waals surface area contributed by atoms with Crippen LogP contribution in [0.2, 0.25) is 10.0 Å². The van der Waals surface area contributed by atoms with Crippen LogP contribution in [0.15, 0.2) is 30.1 Å². The molecule has 1 saturated heterocycles. The number of nitrogens with zero attached hydrogens (tertiary/aromatic N) is 1. The van der Waals surface area contributed by atoms with Gasteiger partial charge in [0, 0.05) is 31.7 Å². The molecule has 5 nitrogen and oxygen atoms in total. The third-order valence-corrected chi connectivity index (χ3v) is 5.15. The lowest BCUT2D eigenvalue weighted by Crippen LogP contribution is -2.51. The predicted molar refractivity (Wildman–Crippen MR) is 102 cm³/mol. The maximum atomic E-state index is 14.3. The molecule has 1 aliphatic carbocycles. The van der Waals surface area contributed by atoms with E-state index in [0.717, 1.165) is 0 Å². The summed E-state index contributed by atoms with van der Waals surface area (Å²) in [6, 6.07) is 4.40. The summed E-state index contributed by atoms with van der Waals surface area (Å²) >= 11 is 11.8. The molecule has 1 aromatic carbocycles. The lowest BCUT2D eigenvalue weighted by molar-refractivity contribution is -0.118. The van der Waals surface area contributed by atoms with E-state index in [1.54, 1.807) is 18.2 Å². The van der Waals surface area contributed by atoms with Crippen LogP contribution in [0.4, 0.5) is 9.18 Å². The van der Waals surface area contributed by atoms with Crippen LogP contribution < -0.4 is 10.6 Å². The Bertz CT molecular complexity index is 850. The fourth-order valence-corrected chi connectivity index (χ4v) is 2.92. The minimum Gasteiger partial charge on any atom is -0.322 e. The molecule has 0 aromatic heterocycles. The van der Waals surface area contributed by atoms with Gasteiger partial charge in [0.05, 0.1) is 15.5 Å². The lowest BCUT2D eigenvalue weighted by Gasteiger charge is -2.26. The van der Waals surface area contributed by atoms with Crippen LogP contribution in [0.3, 0.4) is 0 Å². The van der Waals surface area contributed by atoms with Gasteiger partial charge in [0.25, 0.3) is 5.91 Å². The van der Waals surface area contributed by atoms with Crippen molar-refractivity contribution in [2.24, 2.45) is 5.41 Å². The number of allylic oxidation sites excluding steroid dienone is 1. The second kappa shape index (κ2) is 8.30. The molecular weight excluding hydrogens is 392 g/mol. The van der Waals surface area contributed by atoms with Crippen molar-refractivity contribution >= 4 is 35.1 Å². The summed E-state index contributed by atoms with van der Waals surface area (Å²) in [6.07, 6.45) is 2.49. The van der Waals surface area contributed by atoms with E-state index >= 15 is 0 Å². The van der Waals surface area contributed by atoms with Gasteiger partial charge in [-0.1, -0.05) is 35.0 Å². The maximum absolute atomic E-state index is 14.3. The van der Waals surface area contributed by atoms with E-state index < -0.39 is 23.2 Å². The van der Waals surface area contributed by atoms with Gasteiger partial charge in [-0.05, 0) is 37.1 Å². The number of rotatable bonds is 2. The van der Waals surface area contributed by atoms with E-state index in [0.29, 0.717) is 54.6 Å². The van der Waals surface area contributed by atoms with E-state index in [1.807, 2.05) is 0 Å². The average molecular weight is 410 g/mol. The summed E-state index contributed by atoms with van der Waals surface area (Å²) in [5.41, 5.74) is -0.0335. The highest BCUT2D eigenvalue weighted by atomic mass is 35.5. The lowest BCUT2D eigenvalue weighted by atomic mass is 10.1. The molecule has 1 aliphatic heterocycles. The number of urea groups is 1. The van der Waals surface area contributed by atoms with Crippen molar-refractivity contribution in [3.05, 3.63) is 45.7 Å². The first-order valence-electron chi connectivity index (χ1n) is 8.56. The number of carbonyl (C=O) groups is 2. The molecule has 0 unspecified atom stereocenters. The van der Waals surface area contributed by atoms with Gasteiger partial charge in [0.1, 0.15) is 0 Å². The third-order valence-electron chi connectivity index (χ3n) is 4.41. The van der Waals surface area contributed by atoms with Gasteiger partial charge in [0.15, 0.2) is 5.83 Å². The fraction of sp³-hybridized carbons (Fsp3) is 0.368. The van der Waals surface area contributed by atoms with E-state index in [-0.39, 0.29) is 0 Å². The number of imide groups is 1. The van der Waals surface area contributed by atoms with Crippen molar-refractivity contribution in [1.29, 1.82) is 0 Å². The van der Waals surface area contributed by atoms with Crippen LogP contribution in [-0.4, -0.2) is 43.0 Å². The van der Waals surface area contributed by atoms with Gasteiger partial charge < -0.3 is 10.2 Å². The van der Waals surface area contributed by atoms with Gasteiger partial charge in [-0.3, -0.25) is 10.1 Å². The fourth-order valence-electron chi connectivity index (χ4n) is 2.62. The van der Waals surface area contributed by atoms with Crippen LogP contribution in [0.1, 0.15) is 18.4 Å². The summed E-state index contributed by atoms with van der Waals surface area (Å²) in [7, 11) is 0. The van der Waals surface area contributed by atoms with Gasteiger partial charge in [-0.15, -0.1) is 0 Å². The zero-order valence-corrected chi connectivity index (χ0v) is 16.0. The number of nitrogens with one attached hydrogen (secondary N) is 2. The zero-order valence-electron chi connectivity index (χ0n) is 14.4. The van der Waals surface area contributed by atoms with Crippen LogP contribution in [0.25, 0.3) is 0 Å². The molecule has 0 atom stereocenters. The Morgan fingerprint density at radius 1 is 1.22 bits per heavy atom. The van der Waals surface area contributed by atoms with Crippen molar-refractivity contribution < 1.29 is 14.0 Å². The summed E-state index contributed by atoms with van der Waals surface area (Å²) in [6.45, 7) is 2.24. The van der Waals surface area contributed by atoms with Crippen LogP contribution in [-0.2, 0) is 4.79 Å². The van der Waals surface area contributed by atoms with Crippen LogP contribution >= 0.6 is 23.2 Å². The molecule has 8 heteroatoms. The Morgan fingerprint density at radius 2 is 1.93 bits per heavy atom. The maximum Gasteiger partial charge on any atom is 0.324 e. The Morgan fingerprint density at radius 3 is 2.56 bits per heavy atom. The minimum atomic E-state index is -1.04. The molecule has 3 rings (SSSR count). The molecule has 1 aromatic rings. The van der Waals surface area contributed by atoms with Crippen molar-refractivity contribution in [3.63, 3.8) is 0 Å². The number of benzene rings is 1. The Balaban J connectivity index is 1.64. The second-order valence-corrected chi connectivity index (χ2v) is 7.34. The molecule has 1 heterocycles. The highest BCUT2D eigenvalue weighted by molar-refractivity contribution is 6.42. The minimum absolute atomic E-state index is 0.390. The molecule has 142 valence electrons. The molecular formula is C19H18Cl2FN3O2. The quantitative estimate of drug-likeness (QED) is 0.582. The molecule has 2 fully saturated rings. The number of piperazine rings is 1. The van der Waals surface area contributed by atoms with Gasteiger partial charge in [0.2, 0.25) is 0 Å². The molecule has 0 bridgehead atoms. The Labute approximate surface area is 166 Å². The zero-order chi connectivity index (χ0) is 19.4. The van der Waals surface area contributed by atoms with Gasteiger partial charge in [-0.2, -0.15) is 0 Å². The van der Waals surface area contributed by atoms with Crippen molar-refractivity contribution in [2.75, 3.05) is 26.2 Å². The van der Waals surface area contributed by atoms with E-state index in [1.165, 1.54) is 11.0 Å². The topological polar surface area (TPSA) is 61.4 Å². The van der Waals surface area contributed by atoms with Crippen LogP contribution in [0.5, 0.6) is 0 Å². The monoisotopic (exact) mass is 409 g/mol. The average Bonchev–Trinajstić information content (AvgIpc) is 3.43. The SMILES string of the molecule is O=C(NC(=O)N1CCNCC1)/C(F)=C/C1(C#Cc2ccc(Cl)c(Cl)c2)CC1. The van der Waals surface area contributed by atoms with E-state index in [2.05, 4.69) is 22.5 Å². The number of carbonyl (C=O) groups excluding carboxylic acids is 2. The molecule has 0 spiro atoms. The first kappa shape index (κ1) is 19.7. The second-order valence-electron chi connectivity index (χ2n) is 6.52. The van der Waals surface area contributed by atoms with Gasteiger partial charge >= 0.3 is 6.03 Å².